The molecule has 0 aliphatic heterocycles. The number of nitro benzene ring substituents is 1. The van der Waals surface area contributed by atoms with Crippen LogP contribution in [-0.4, -0.2) is 24.1 Å². The molecule has 0 saturated heterocycles. The van der Waals surface area contributed by atoms with Crippen molar-refractivity contribution in [3.8, 4) is 40.0 Å². The maximum atomic E-state index is 12.3. The van der Waals surface area contributed by atoms with Crippen molar-refractivity contribution >= 4 is 5.69 Å². The van der Waals surface area contributed by atoms with Gasteiger partial charge in [-0.15, -0.1) is 0 Å². The average Bonchev–Trinajstić information content (AvgIpc) is 2.66. The van der Waals surface area contributed by atoms with Crippen LogP contribution in [0.3, 0.4) is 0 Å². The average molecular weight is 369 g/mol. The van der Waals surface area contributed by atoms with Crippen LogP contribution < -0.4 is 20.2 Å². The minimum Gasteiger partial charge on any atom is -0.867 e. The fourth-order valence-electron chi connectivity index (χ4n) is 2.50. The fourth-order valence-corrected chi connectivity index (χ4v) is 2.50. The third-order valence-corrected chi connectivity index (χ3v) is 3.77. The Kier molecular flexibility index (Phi) is 4.75. The first-order chi connectivity index (χ1) is 12.9. The summed E-state index contributed by atoms with van der Waals surface area (Å²) in [5.41, 5.74) is -0.833. The van der Waals surface area contributed by atoms with Crippen molar-refractivity contribution in [2.45, 2.75) is 0 Å². The monoisotopic (exact) mass is 369 g/mol. The van der Waals surface area contributed by atoms with Crippen molar-refractivity contribution in [1.82, 2.24) is 4.98 Å². The number of ether oxygens (including phenoxy) is 2. The van der Waals surface area contributed by atoms with Gasteiger partial charge >= 0.3 is 5.63 Å². The summed E-state index contributed by atoms with van der Waals surface area (Å²) in [6.45, 7) is 0. The van der Waals surface area contributed by atoms with Gasteiger partial charge in [0.1, 0.15) is 0 Å². The Morgan fingerprint density at radius 1 is 1.07 bits per heavy atom. The Bertz CT molecular complexity index is 1080. The van der Waals surface area contributed by atoms with E-state index in [4.69, 9.17) is 13.9 Å². The number of nitro groups is 1. The van der Waals surface area contributed by atoms with E-state index in [9.17, 15) is 20.0 Å². The summed E-state index contributed by atoms with van der Waals surface area (Å²) >= 11 is 0. The molecule has 0 spiro atoms. The molecule has 0 N–H and O–H groups in total. The van der Waals surface area contributed by atoms with Crippen molar-refractivity contribution in [2.24, 2.45) is 0 Å². The lowest BCUT2D eigenvalue weighted by atomic mass is 10.1. The zero-order chi connectivity index (χ0) is 19.6. The van der Waals surface area contributed by atoms with Crippen LogP contribution in [0, 0.1) is 10.1 Å². The molecular formula is C18H13N2O7-. The maximum absolute atomic E-state index is 12.3. The van der Waals surface area contributed by atoms with E-state index < -0.39 is 22.0 Å². The fraction of sp³-hybridized carbons (Fsp3) is 0.111. The van der Waals surface area contributed by atoms with E-state index >= 15 is 0 Å². The third-order valence-electron chi connectivity index (χ3n) is 3.77. The molecule has 0 atom stereocenters. The highest BCUT2D eigenvalue weighted by Crippen LogP contribution is 2.35. The molecule has 27 heavy (non-hydrogen) atoms. The molecule has 2 aromatic carbocycles. The molecular weight excluding hydrogens is 356 g/mol. The highest BCUT2D eigenvalue weighted by molar-refractivity contribution is 5.71. The number of methoxy groups -OCH3 is 2. The topological polar surface area (TPSA) is 128 Å². The minimum absolute atomic E-state index is 0.177. The second kappa shape index (κ2) is 7.16. The van der Waals surface area contributed by atoms with Gasteiger partial charge in [-0.3, -0.25) is 10.1 Å². The standard InChI is InChI=1S/C18H14N2O7/c1-25-14-7-6-10(8-15(14)26-2)12-9-16(21)27-18(19-12)11-4-3-5-13(17(11)22)20(23)24/h3-9,22H,1-2H3/p-1. The maximum Gasteiger partial charge on any atom is 0.339 e. The Morgan fingerprint density at radius 2 is 1.81 bits per heavy atom. The Labute approximate surface area is 152 Å². The number of hydrogen-bond donors (Lipinski definition) is 0. The van der Waals surface area contributed by atoms with Gasteiger partial charge in [0.25, 0.3) is 5.69 Å². The molecule has 0 fully saturated rings. The van der Waals surface area contributed by atoms with Crippen LogP contribution >= 0.6 is 0 Å². The van der Waals surface area contributed by atoms with Gasteiger partial charge in [-0.25, -0.2) is 9.78 Å². The first kappa shape index (κ1) is 17.9. The quantitative estimate of drug-likeness (QED) is 0.495. The highest BCUT2D eigenvalue weighted by atomic mass is 16.6. The number of aromatic nitrogens is 1. The predicted octanol–water partition coefficient (Wildman–Crippen LogP) is 2.37. The summed E-state index contributed by atoms with van der Waals surface area (Å²) in [4.78, 5) is 26.3. The first-order valence-electron chi connectivity index (χ1n) is 7.64. The zero-order valence-electron chi connectivity index (χ0n) is 14.3. The van der Waals surface area contributed by atoms with Gasteiger partial charge in [-0.2, -0.15) is 0 Å². The van der Waals surface area contributed by atoms with Gasteiger partial charge in [-0.1, -0.05) is 6.07 Å². The van der Waals surface area contributed by atoms with Gasteiger partial charge in [0.15, 0.2) is 11.5 Å². The first-order valence-corrected chi connectivity index (χ1v) is 7.64. The summed E-state index contributed by atoms with van der Waals surface area (Å²) in [7, 11) is 2.95. The lowest BCUT2D eigenvalue weighted by Crippen LogP contribution is -2.05. The second-order valence-electron chi connectivity index (χ2n) is 5.35. The summed E-state index contributed by atoms with van der Waals surface area (Å²) in [5.74, 6) is -0.278. The minimum atomic E-state index is -0.886. The smallest absolute Gasteiger partial charge is 0.339 e. The lowest BCUT2D eigenvalue weighted by molar-refractivity contribution is -0.398. The van der Waals surface area contributed by atoms with Crippen molar-refractivity contribution in [2.75, 3.05) is 14.2 Å². The Hall–Kier alpha value is -3.88. The molecule has 0 aliphatic rings. The molecule has 0 saturated carbocycles. The van der Waals surface area contributed by atoms with E-state index in [1.807, 2.05) is 0 Å². The molecule has 9 heteroatoms. The van der Waals surface area contributed by atoms with Crippen LogP contribution in [-0.2, 0) is 0 Å². The Morgan fingerprint density at radius 3 is 2.48 bits per heavy atom. The van der Waals surface area contributed by atoms with Crippen molar-refractivity contribution in [3.63, 3.8) is 0 Å². The van der Waals surface area contributed by atoms with E-state index in [-0.39, 0.29) is 17.1 Å². The van der Waals surface area contributed by atoms with Gasteiger partial charge in [0.05, 0.1) is 30.9 Å². The summed E-state index contributed by atoms with van der Waals surface area (Å²) < 4.78 is 15.4. The lowest BCUT2D eigenvalue weighted by Gasteiger charge is -2.13. The van der Waals surface area contributed by atoms with E-state index in [2.05, 4.69) is 4.98 Å². The second-order valence-corrected chi connectivity index (χ2v) is 5.35. The van der Waals surface area contributed by atoms with Crippen LogP contribution in [0.5, 0.6) is 17.2 Å². The number of benzene rings is 2. The molecule has 1 aromatic heterocycles. The molecule has 3 rings (SSSR count). The van der Waals surface area contributed by atoms with Crippen molar-refractivity contribution in [1.29, 1.82) is 0 Å². The normalized spacial score (nSPS) is 10.4. The predicted molar refractivity (Wildman–Crippen MR) is 92.8 cm³/mol. The van der Waals surface area contributed by atoms with E-state index in [0.717, 1.165) is 12.1 Å². The summed E-state index contributed by atoms with van der Waals surface area (Å²) in [6, 6.07) is 9.73. The van der Waals surface area contributed by atoms with Crippen LogP contribution in [0.2, 0.25) is 0 Å². The number of rotatable bonds is 5. The van der Waals surface area contributed by atoms with E-state index in [0.29, 0.717) is 17.1 Å². The molecule has 3 aromatic rings. The molecule has 0 radical (unpaired) electrons. The molecule has 138 valence electrons. The van der Waals surface area contributed by atoms with Crippen molar-refractivity contribution < 1.29 is 23.9 Å². The molecule has 0 aliphatic carbocycles. The van der Waals surface area contributed by atoms with Gasteiger partial charge < -0.3 is 19.0 Å². The van der Waals surface area contributed by atoms with E-state index in [1.165, 1.54) is 26.4 Å². The van der Waals surface area contributed by atoms with Crippen molar-refractivity contribution in [3.05, 3.63) is 63.0 Å². The Balaban J connectivity index is 2.16. The molecule has 0 amide bonds. The number of hydrogen-bond acceptors (Lipinski definition) is 8. The zero-order valence-corrected chi connectivity index (χ0v) is 14.3. The molecule has 9 nitrogen and oxygen atoms in total. The molecule has 0 bridgehead atoms. The van der Waals surface area contributed by atoms with Crippen LogP contribution in [0.1, 0.15) is 0 Å². The summed E-state index contributed by atoms with van der Waals surface area (Å²) in [6.07, 6.45) is 0. The third kappa shape index (κ3) is 3.43. The number of nitrogens with zero attached hydrogens (tertiary/aromatic N) is 2. The highest BCUT2D eigenvalue weighted by Gasteiger charge is 2.16. The molecule has 0 unspecified atom stereocenters. The van der Waals surface area contributed by atoms with Gasteiger partial charge in [0, 0.05) is 17.2 Å². The van der Waals surface area contributed by atoms with E-state index in [1.54, 1.807) is 18.2 Å². The van der Waals surface area contributed by atoms with Gasteiger partial charge in [0.2, 0.25) is 5.89 Å². The largest absolute Gasteiger partial charge is 0.867 e. The summed E-state index contributed by atoms with van der Waals surface area (Å²) in [5, 5.41) is 23.2. The SMILES string of the molecule is COc1ccc(-c2cc(=O)oc(-c3cccc([N+](=O)[O-])c3[O-])n2)cc1OC. The number of para-hydroxylation sites is 1. The van der Waals surface area contributed by atoms with Gasteiger partial charge in [-0.05, 0) is 30.0 Å². The van der Waals surface area contributed by atoms with Crippen LogP contribution in [0.15, 0.2) is 51.7 Å². The van der Waals surface area contributed by atoms with Crippen LogP contribution in [0.25, 0.3) is 22.7 Å². The molecule has 1 heterocycles. The van der Waals surface area contributed by atoms with Crippen LogP contribution in [0.4, 0.5) is 5.69 Å².